The van der Waals surface area contributed by atoms with Crippen LogP contribution in [0.5, 0.6) is 0 Å². The number of benzene rings is 2. The number of halogens is 3. The molecule has 0 spiro atoms. The van der Waals surface area contributed by atoms with E-state index in [-0.39, 0.29) is 28.0 Å². The zero-order valence-corrected chi connectivity index (χ0v) is 18.8. The van der Waals surface area contributed by atoms with E-state index in [2.05, 4.69) is 15.6 Å². The summed E-state index contributed by atoms with van der Waals surface area (Å²) in [7, 11) is 1.49. The summed E-state index contributed by atoms with van der Waals surface area (Å²) < 4.78 is 29.6. The number of nitriles is 1. The monoisotopic (exact) mass is 484 g/mol. The summed E-state index contributed by atoms with van der Waals surface area (Å²) in [6.07, 6.45) is 1.26. The Balaban J connectivity index is 1.54. The molecular weight excluding hydrogens is 466 g/mol. The lowest BCUT2D eigenvalue weighted by Crippen LogP contribution is -2.46. The highest BCUT2D eigenvalue weighted by molar-refractivity contribution is 6.34. The molecule has 8 nitrogen and oxygen atoms in total. The van der Waals surface area contributed by atoms with Gasteiger partial charge >= 0.3 is 0 Å². The Morgan fingerprint density at radius 2 is 1.94 bits per heavy atom. The van der Waals surface area contributed by atoms with Crippen LogP contribution in [-0.4, -0.2) is 52.4 Å². The van der Waals surface area contributed by atoms with Gasteiger partial charge in [0, 0.05) is 44.5 Å². The molecule has 1 aliphatic rings. The molecular formula is C23H19ClF2N6O2. The van der Waals surface area contributed by atoms with E-state index < -0.39 is 23.1 Å². The Morgan fingerprint density at radius 1 is 1.21 bits per heavy atom. The number of anilines is 1. The number of rotatable bonds is 4. The van der Waals surface area contributed by atoms with Crippen LogP contribution in [-0.2, 0) is 7.05 Å². The molecule has 2 amide bonds. The number of carbonyl (C=O) groups is 2. The summed E-state index contributed by atoms with van der Waals surface area (Å²) in [6.45, 7) is 2.59. The summed E-state index contributed by atoms with van der Waals surface area (Å²) in [6, 6.07) is 8.22. The number of aromatic nitrogens is 2. The van der Waals surface area contributed by atoms with E-state index in [1.807, 2.05) is 0 Å². The fourth-order valence-corrected chi connectivity index (χ4v) is 3.98. The summed E-state index contributed by atoms with van der Waals surface area (Å²) in [5.41, 5.74) is 0.0897. The molecule has 34 heavy (non-hydrogen) atoms. The number of amides is 2. The van der Waals surface area contributed by atoms with Crippen LogP contribution in [0.15, 0.2) is 36.5 Å². The average molecular weight is 485 g/mol. The lowest BCUT2D eigenvalue weighted by Gasteiger charge is -2.27. The summed E-state index contributed by atoms with van der Waals surface area (Å²) >= 11 is 6.31. The minimum atomic E-state index is -1.03. The van der Waals surface area contributed by atoms with Gasteiger partial charge < -0.3 is 20.1 Å². The van der Waals surface area contributed by atoms with Crippen molar-refractivity contribution in [1.82, 2.24) is 19.8 Å². The van der Waals surface area contributed by atoms with E-state index in [1.165, 1.54) is 36.0 Å². The van der Waals surface area contributed by atoms with Gasteiger partial charge in [-0.05, 0) is 30.3 Å². The van der Waals surface area contributed by atoms with Crippen molar-refractivity contribution in [2.75, 3.05) is 31.5 Å². The molecule has 1 aromatic heterocycles. The van der Waals surface area contributed by atoms with Crippen molar-refractivity contribution in [3.63, 3.8) is 0 Å². The van der Waals surface area contributed by atoms with Gasteiger partial charge in [-0.3, -0.25) is 9.59 Å². The van der Waals surface area contributed by atoms with Gasteiger partial charge in [0.05, 0.1) is 22.5 Å². The Kier molecular flexibility index (Phi) is 6.58. The van der Waals surface area contributed by atoms with E-state index in [0.717, 1.165) is 6.07 Å². The zero-order valence-electron chi connectivity index (χ0n) is 18.0. The molecule has 0 radical (unpaired) electrons. The fourth-order valence-electron chi connectivity index (χ4n) is 3.72. The van der Waals surface area contributed by atoms with Gasteiger partial charge in [-0.1, -0.05) is 11.6 Å². The number of hydrogen-bond donors (Lipinski definition) is 2. The van der Waals surface area contributed by atoms with Crippen LogP contribution >= 0.6 is 11.6 Å². The first kappa shape index (κ1) is 23.4. The number of imidazole rings is 1. The van der Waals surface area contributed by atoms with Crippen LogP contribution in [0, 0.1) is 23.0 Å². The van der Waals surface area contributed by atoms with Crippen LogP contribution in [0.4, 0.5) is 14.5 Å². The molecule has 0 unspecified atom stereocenters. The molecule has 1 fully saturated rings. The lowest BCUT2D eigenvalue weighted by atomic mass is 10.1. The van der Waals surface area contributed by atoms with Crippen molar-refractivity contribution >= 4 is 29.1 Å². The van der Waals surface area contributed by atoms with Gasteiger partial charge in [0.25, 0.3) is 11.8 Å². The molecule has 2 N–H and O–H groups in total. The van der Waals surface area contributed by atoms with Crippen LogP contribution in [0.1, 0.15) is 26.5 Å². The maximum Gasteiger partial charge on any atom is 0.291 e. The number of carbonyl (C=O) groups excluding carboxylic acids is 2. The van der Waals surface area contributed by atoms with Gasteiger partial charge in [-0.15, -0.1) is 0 Å². The minimum absolute atomic E-state index is 0.0469. The van der Waals surface area contributed by atoms with Gasteiger partial charge in [-0.2, -0.15) is 5.26 Å². The molecule has 0 saturated carbocycles. The highest BCUT2D eigenvalue weighted by atomic mass is 35.5. The minimum Gasteiger partial charge on any atom is -0.336 e. The molecule has 0 atom stereocenters. The normalized spacial score (nSPS) is 13.4. The van der Waals surface area contributed by atoms with Crippen molar-refractivity contribution in [3.8, 4) is 17.3 Å². The van der Waals surface area contributed by atoms with E-state index in [1.54, 1.807) is 17.0 Å². The highest BCUT2D eigenvalue weighted by Gasteiger charge is 2.23. The highest BCUT2D eigenvalue weighted by Crippen LogP contribution is 2.27. The first-order chi connectivity index (χ1) is 16.3. The van der Waals surface area contributed by atoms with Crippen molar-refractivity contribution in [2.24, 2.45) is 7.05 Å². The quantitative estimate of drug-likeness (QED) is 0.592. The predicted molar refractivity (Wildman–Crippen MR) is 121 cm³/mol. The standard InChI is InChI=1S/C23H19ClF2N6O2/c1-31-19(15-4-5-18(25)16(11-27)20(15)26)12-29-21(31)22(33)30-13-2-3-14(17(24)10-13)23(34)32-8-6-28-7-9-32/h2-5,10,12,28H,6-9H2,1H3,(H,30,33). The molecule has 0 aliphatic carbocycles. The first-order valence-corrected chi connectivity index (χ1v) is 10.7. The molecule has 0 bridgehead atoms. The molecule has 174 valence electrons. The van der Waals surface area contributed by atoms with Gasteiger partial charge in [0.2, 0.25) is 0 Å². The largest absolute Gasteiger partial charge is 0.336 e. The van der Waals surface area contributed by atoms with E-state index in [0.29, 0.717) is 37.4 Å². The van der Waals surface area contributed by atoms with Crippen LogP contribution in [0.25, 0.3) is 11.3 Å². The predicted octanol–water partition coefficient (Wildman–Crippen LogP) is 3.19. The summed E-state index contributed by atoms with van der Waals surface area (Å²) in [5.74, 6) is -2.84. The van der Waals surface area contributed by atoms with Crippen molar-refractivity contribution < 1.29 is 18.4 Å². The van der Waals surface area contributed by atoms with Crippen molar-refractivity contribution in [3.05, 3.63) is 70.1 Å². The maximum absolute atomic E-state index is 14.6. The molecule has 11 heteroatoms. The van der Waals surface area contributed by atoms with E-state index >= 15 is 0 Å². The molecule has 3 aromatic rings. The zero-order chi connectivity index (χ0) is 24.4. The van der Waals surface area contributed by atoms with Gasteiger partial charge in [-0.25, -0.2) is 13.8 Å². The average Bonchev–Trinajstić information content (AvgIpc) is 3.21. The second-order valence-electron chi connectivity index (χ2n) is 7.61. The molecule has 4 rings (SSSR count). The number of nitrogens with one attached hydrogen (secondary N) is 2. The Labute approximate surface area is 198 Å². The SMILES string of the molecule is Cn1c(-c2ccc(F)c(C#N)c2F)cnc1C(=O)Nc1ccc(C(=O)N2CCNCC2)c(Cl)c1. The summed E-state index contributed by atoms with van der Waals surface area (Å²) in [4.78, 5) is 31.2. The third kappa shape index (κ3) is 4.35. The van der Waals surface area contributed by atoms with Crippen molar-refractivity contribution in [1.29, 1.82) is 5.26 Å². The second-order valence-corrected chi connectivity index (χ2v) is 8.02. The molecule has 1 saturated heterocycles. The number of nitrogens with zero attached hydrogens (tertiary/aromatic N) is 4. The molecule has 1 aliphatic heterocycles. The number of piperazine rings is 1. The topological polar surface area (TPSA) is 103 Å². The molecule has 2 heterocycles. The third-order valence-corrected chi connectivity index (χ3v) is 5.84. The summed E-state index contributed by atoms with van der Waals surface area (Å²) in [5, 5.41) is 15.0. The third-order valence-electron chi connectivity index (χ3n) is 5.53. The Bertz CT molecular complexity index is 1330. The lowest BCUT2D eigenvalue weighted by molar-refractivity contribution is 0.0736. The van der Waals surface area contributed by atoms with Crippen LogP contribution in [0.2, 0.25) is 5.02 Å². The first-order valence-electron chi connectivity index (χ1n) is 10.3. The Morgan fingerprint density at radius 3 is 2.62 bits per heavy atom. The maximum atomic E-state index is 14.6. The number of hydrogen-bond acceptors (Lipinski definition) is 5. The van der Waals surface area contributed by atoms with E-state index in [4.69, 9.17) is 16.9 Å². The van der Waals surface area contributed by atoms with E-state index in [9.17, 15) is 18.4 Å². The fraction of sp³-hybridized carbons (Fsp3) is 0.217. The smallest absolute Gasteiger partial charge is 0.291 e. The Hall–Kier alpha value is -3.81. The van der Waals surface area contributed by atoms with Crippen LogP contribution in [0.3, 0.4) is 0 Å². The van der Waals surface area contributed by atoms with Crippen molar-refractivity contribution in [2.45, 2.75) is 0 Å². The van der Waals surface area contributed by atoms with Crippen LogP contribution < -0.4 is 10.6 Å². The molecule has 2 aromatic carbocycles. The van der Waals surface area contributed by atoms with Gasteiger partial charge in [0.1, 0.15) is 17.4 Å². The van der Waals surface area contributed by atoms with Gasteiger partial charge in [0.15, 0.2) is 11.6 Å². The second kappa shape index (κ2) is 9.59.